The number of carbonyl (C=O) groups is 1. The molecule has 0 bridgehead atoms. The fraction of sp³-hybridized carbons (Fsp3) is 0.533. The van der Waals surface area contributed by atoms with Crippen LogP contribution in [0.15, 0.2) is 24.3 Å². The van der Waals surface area contributed by atoms with E-state index in [9.17, 15) is 4.79 Å². The average molecular weight is 311 g/mol. The van der Waals surface area contributed by atoms with Crippen molar-refractivity contribution in [2.45, 2.75) is 50.2 Å². The maximum atomic E-state index is 10.3. The van der Waals surface area contributed by atoms with E-state index in [4.69, 9.17) is 10.2 Å². The van der Waals surface area contributed by atoms with Gasteiger partial charge in [0, 0.05) is 0 Å². The van der Waals surface area contributed by atoms with Crippen LogP contribution >= 0.6 is 0 Å². The Kier molecular flexibility index (Phi) is 6.59. The third kappa shape index (κ3) is 9.56. The molecule has 0 unspecified atom stereocenters. The minimum absolute atomic E-state index is 0.0671. The van der Waals surface area contributed by atoms with E-state index < -0.39 is 5.97 Å². The number of aromatic carboxylic acids is 1. The molecule has 19 heavy (non-hydrogen) atoms. The zero-order valence-corrected chi connectivity index (χ0v) is 13.5. The Morgan fingerprint density at radius 2 is 1.42 bits per heavy atom. The molecule has 111 valence electrons. The summed E-state index contributed by atoms with van der Waals surface area (Å²) in [5.41, 5.74) is -0.0671. The van der Waals surface area contributed by atoms with Crippen molar-refractivity contribution in [2.75, 3.05) is 0 Å². The first-order chi connectivity index (χ1) is 8.42. The molecule has 0 radical (unpaired) electrons. The summed E-state index contributed by atoms with van der Waals surface area (Å²) in [7, 11) is 0. The van der Waals surface area contributed by atoms with Crippen LogP contribution < -0.4 is 0 Å². The number of carboxylic acids is 1. The van der Waals surface area contributed by atoms with E-state index in [-0.39, 0.29) is 11.3 Å². The van der Waals surface area contributed by atoms with Gasteiger partial charge < -0.3 is 10.2 Å². The zero-order chi connectivity index (χ0) is 15.3. The molecule has 4 heteroatoms. The van der Waals surface area contributed by atoms with Crippen molar-refractivity contribution in [2.24, 2.45) is 0 Å². The maximum absolute atomic E-state index is 10.3. The second kappa shape index (κ2) is 6.96. The smallest absolute Gasteiger partial charge is 0.339 e. The second-order valence-electron chi connectivity index (χ2n) is 5.91. The van der Waals surface area contributed by atoms with Crippen molar-refractivity contribution < 1.29 is 29.7 Å². The Labute approximate surface area is 122 Å². The van der Waals surface area contributed by atoms with Crippen molar-refractivity contribution in [1.29, 1.82) is 0 Å². The topological polar surface area (TPSA) is 57.5 Å². The van der Waals surface area contributed by atoms with Crippen LogP contribution in [0.4, 0.5) is 0 Å². The quantitative estimate of drug-likeness (QED) is 0.797. The SMILES string of the molecule is C[C](C)(C)[Co][C](C)(C)C.O=C(O)c1ccccc1O. The van der Waals surface area contributed by atoms with Crippen molar-refractivity contribution >= 4 is 5.97 Å². The third-order valence-electron chi connectivity index (χ3n) is 1.63. The van der Waals surface area contributed by atoms with Gasteiger partial charge >= 0.3 is 70.9 Å². The van der Waals surface area contributed by atoms with Gasteiger partial charge in [-0.05, 0) is 12.1 Å². The fourth-order valence-corrected chi connectivity index (χ4v) is 3.75. The van der Waals surface area contributed by atoms with Crippen molar-refractivity contribution in [3.63, 3.8) is 0 Å². The monoisotopic (exact) mass is 311 g/mol. The summed E-state index contributed by atoms with van der Waals surface area (Å²) in [4.78, 5) is 10.3. The summed E-state index contributed by atoms with van der Waals surface area (Å²) in [6.07, 6.45) is 0. The predicted molar refractivity (Wildman–Crippen MR) is 74.5 cm³/mol. The fourth-order valence-electron chi connectivity index (χ4n) is 1.40. The Balaban J connectivity index is 0.000000344. The molecule has 0 aliphatic heterocycles. The molecule has 1 aromatic rings. The molecule has 0 aliphatic rings. The van der Waals surface area contributed by atoms with Gasteiger partial charge in [-0.25, -0.2) is 4.79 Å². The molecule has 0 saturated carbocycles. The molecule has 1 rings (SSSR count). The Morgan fingerprint density at radius 1 is 1.00 bits per heavy atom. The van der Waals surface area contributed by atoms with Crippen molar-refractivity contribution in [3.8, 4) is 5.75 Å². The molecule has 0 saturated heterocycles. The van der Waals surface area contributed by atoms with Crippen LogP contribution in [0.2, 0.25) is 8.70 Å². The van der Waals surface area contributed by atoms with Crippen LogP contribution in [0.3, 0.4) is 0 Å². The zero-order valence-electron chi connectivity index (χ0n) is 12.4. The first kappa shape index (κ1) is 18.0. The second-order valence-corrected chi connectivity index (χ2v) is 9.29. The normalized spacial score (nSPS) is 11.7. The van der Waals surface area contributed by atoms with E-state index in [0.29, 0.717) is 8.70 Å². The van der Waals surface area contributed by atoms with E-state index in [1.54, 1.807) is 26.8 Å². The van der Waals surface area contributed by atoms with Gasteiger partial charge in [0.1, 0.15) is 11.3 Å². The van der Waals surface area contributed by atoms with Gasteiger partial charge in [0.15, 0.2) is 0 Å². The molecule has 0 amide bonds. The molecule has 0 heterocycles. The molecule has 2 N–H and O–H groups in total. The molecular weight excluding hydrogens is 287 g/mol. The van der Waals surface area contributed by atoms with Gasteiger partial charge in [-0.2, -0.15) is 0 Å². The number of benzene rings is 1. The van der Waals surface area contributed by atoms with Gasteiger partial charge in [0.2, 0.25) is 0 Å². The van der Waals surface area contributed by atoms with Gasteiger partial charge in [0.25, 0.3) is 0 Å². The van der Waals surface area contributed by atoms with E-state index in [1.807, 2.05) is 0 Å². The number of phenols is 1. The van der Waals surface area contributed by atoms with Gasteiger partial charge in [-0.3, -0.25) is 0 Å². The molecule has 0 aliphatic carbocycles. The van der Waals surface area contributed by atoms with Crippen molar-refractivity contribution in [1.82, 2.24) is 0 Å². The number of aromatic hydroxyl groups is 1. The number of para-hydroxylation sites is 1. The third-order valence-corrected chi connectivity index (χ3v) is 3.20. The first-order valence-electron chi connectivity index (χ1n) is 6.06. The molecule has 0 atom stereocenters. The van der Waals surface area contributed by atoms with E-state index in [1.165, 1.54) is 12.1 Å². The summed E-state index contributed by atoms with van der Waals surface area (Å²) < 4.78 is 0.906. The molecule has 0 fully saturated rings. The summed E-state index contributed by atoms with van der Waals surface area (Å²) in [6.45, 7) is 13.7. The number of rotatable bonds is 1. The van der Waals surface area contributed by atoms with E-state index >= 15 is 0 Å². The number of hydrogen-bond acceptors (Lipinski definition) is 2. The summed E-state index contributed by atoms with van der Waals surface area (Å²) in [5.74, 6) is -1.31. The van der Waals surface area contributed by atoms with Crippen LogP contribution in [0, 0.1) is 0 Å². The Hall–Kier alpha value is -1.00. The van der Waals surface area contributed by atoms with E-state index in [2.05, 4.69) is 41.5 Å². The minimum Gasteiger partial charge on any atom is -0.507 e. The molecule has 0 aromatic heterocycles. The predicted octanol–water partition coefficient (Wildman–Crippen LogP) is 4.60. The van der Waals surface area contributed by atoms with Crippen LogP contribution in [0.1, 0.15) is 51.9 Å². The number of hydrogen-bond donors (Lipinski definition) is 2. The molecular formula is C15H24CoO3. The molecule has 3 nitrogen and oxygen atoms in total. The average Bonchev–Trinajstić information content (AvgIpc) is 2.12. The van der Waals surface area contributed by atoms with Gasteiger partial charge in [-0.15, -0.1) is 0 Å². The Morgan fingerprint density at radius 3 is 1.63 bits per heavy atom. The summed E-state index contributed by atoms with van der Waals surface area (Å²) in [5, 5.41) is 17.3. The van der Waals surface area contributed by atoms with Crippen LogP contribution in [0.5, 0.6) is 5.75 Å². The standard InChI is InChI=1S/C7H6O3.2C4H9.Co/c8-6-4-2-1-3-5(6)7(9)10;2*1-4(2)3;/h1-4,8H,(H,9,10);2*1-3H3;. The van der Waals surface area contributed by atoms with Crippen LogP contribution in [-0.2, 0) is 14.7 Å². The van der Waals surface area contributed by atoms with Crippen LogP contribution in [0.25, 0.3) is 0 Å². The van der Waals surface area contributed by atoms with Crippen LogP contribution in [-0.4, -0.2) is 16.2 Å². The first-order valence-corrected chi connectivity index (χ1v) is 7.10. The van der Waals surface area contributed by atoms with E-state index in [0.717, 1.165) is 0 Å². The largest absolute Gasteiger partial charge is 0.507 e. The number of carboxylic acid groups (broad SMARTS) is 1. The summed E-state index contributed by atoms with van der Waals surface area (Å²) in [6, 6.07) is 5.81. The molecule has 0 spiro atoms. The minimum atomic E-state index is -1.11. The van der Waals surface area contributed by atoms with Gasteiger partial charge in [0.05, 0.1) is 0 Å². The Bertz CT molecular complexity index is 402. The maximum Gasteiger partial charge on any atom is 0.339 e. The van der Waals surface area contributed by atoms with Crippen molar-refractivity contribution in [3.05, 3.63) is 29.8 Å². The van der Waals surface area contributed by atoms with Gasteiger partial charge in [-0.1, -0.05) is 12.1 Å². The summed E-state index contributed by atoms with van der Waals surface area (Å²) >= 11 is 1.56. The molecule has 1 aromatic carbocycles.